The van der Waals surface area contributed by atoms with Gasteiger partial charge in [-0.25, -0.2) is 14.6 Å². The van der Waals surface area contributed by atoms with E-state index in [0.29, 0.717) is 31.1 Å². The quantitative estimate of drug-likeness (QED) is 0.523. The maximum Gasteiger partial charge on any atom is 0.414 e. The second kappa shape index (κ2) is 9.19. The fourth-order valence-corrected chi connectivity index (χ4v) is 3.24. The van der Waals surface area contributed by atoms with E-state index in [1.807, 2.05) is 54.6 Å². The van der Waals surface area contributed by atoms with E-state index in [1.54, 1.807) is 29.2 Å². The van der Waals surface area contributed by atoms with Gasteiger partial charge < -0.3 is 15.8 Å². The van der Waals surface area contributed by atoms with E-state index < -0.39 is 0 Å². The minimum Gasteiger partial charge on any atom is -0.447 e. The predicted molar refractivity (Wildman–Crippen MR) is 121 cm³/mol. The lowest BCUT2D eigenvalue weighted by Crippen LogP contribution is -2.39. The SMILES string of the molecule is NCc1cccc(NN(C(=O)Nc2ccc(N3CCOC3=O)cc2)c2ccccc2)c1. The zero-order valence-electron chi connectivity index (χ0n) is 16.8. The van der Waals surface area contributed by atoms with Gasteiger partial charge in [-0.1, -0.05) is 30.3 Å². The highest BCUT2D eigenvalue weighted by molar-refractivity contribution is 6.03. The fraction of sp³-hybridized carbons (Fsp3) is 0.130. The summed E-state index contributed by atoms with van der Waals surface area (Å²) in [5.74, 6) is 0. The van der Waals surface area contributed by atoms with Crippen molar-refractivity contribution in [3.05, 3.63) is 84.4 Å². The van der Waals surface area contributed by atoms with Crippen LogP contribution in [0.1, 0.15) is 5.56 Å². The summed E-state index contributed by atoms with van der Waals surface area (Å²) in [5, 5.41) is 4.32. The van der Waals surface area contributed by atoms with Crippen LogP contribution in [-0.2, 0) is 11.3 Å². The molecule has 8 nitrogen and oxygen atoms in total. The van der Waals surface area contributed by atoms with Gasteiger partial charge in [0.2, 0.25) is 0 Å². The highest BCUT2D eigenvalue weighted by Gasteiger charge is 2.23. The maximum absolute atomic E-state index is 13.1. The Labute approximate surface area is 180 Å². The van der Waals surface area contributed by atoms with Crippen molar-refractivity contribution in [1.29, 1.82) is 0 Å². The van der Waals surface area contributed by atoms with Crippen LogP contribution in [0.4, 0.5) is 32.3 Å². The zero-order chi connectivity index (χ0) is 21.6. The highest BCUT2D eigenvalue weighted by atomic mass is 16.6. The van der Waals surface area contributed by atoms with E-state index in [-0.39, 0.29) is 12.1 Å². The lowest BCUT2D eigenvalue weighted by atomic mass is 10.2. The number of hydrazine groups is 1. The molecular weight excluding hydrogens is 394 g/mol. The minimum absolute atomic E-state index is 0.363. The molecule has 158 valence electrons. The number of anilines is 4. The number of benzene rings is 3. The molecule has 1 heterocycles. The van der Waals surface area contributed by atoms with Gasteiger partial charge in [0.05, 0.1) is 17.9 Å². The molecule has 0 aliphatic carbocycles. The molecule has 1 saturated heterocycles. The Balaban J connectivity index is 1.52. The highest BCUT2D eigenvalue weighted by Crippen LogP contribution is 2.23. The van der Waals surface area contributed by atoms with E-state index in [2.05, 4.69) is 10.7 Å². The first-order valence-electron chi connectivity index (χ1n) is 9.90. The van der Waals surface area contributed by atoms with Crippen molar-refractivity contribution < 1.29 is 14.3 Å². The number of carbonyl (C=O) groups is 2. The molecule has 4 N–H and O–H groups in total. The van der Waals surface area contributed by atoms with Crippen LogP contribution in [-0.4, -0.2) is 25.3 Å². The number of rotatable bonds is 6. The van der Waals surface area contributed by atoms with Gasteiger partial charge in [0, 0.05) is 17.9 Å². The first-order valence-corrected chi connectivity index (χ1v) is 9.90. The average Bonchev–Trinajstić information content (AvgIpc) is 3.24. The number of nitrogens with two attached hydrogens (primary N) is 1. The molecule has 3 aromatic rings. The van der Waals surface area contributed by atoms with Gasteiger partial charge in [0.25, 0.3) is 0 Å². The predicted octanol–water partition coefficient (Wildman–Crippen LogP) is 4.17. The molecule has 1 aliphatic rings. The monoisotopic (exact) mass is 417 g/mol. The Morgan fingerprint density at radius 3 is 2.45 bits per heavy atom. The summed E-state index contributed by atoms with van der Waals surface area (Å²) >= 11 is 0. The van der Waals surface area contributed by atoms with Gasteiger partial charge >= 0.3 is 12.1 Å². The summed E-state index contributed by atoms with van der Waals surface area (Å²) in [5.41, 5.74) is 12.6. The third kappa shape index (κ3) is 4.76. The van der Waals surface area contributed by atoms with Gasteiger partial charge in [-0.15, -0.1) is 0 Å². The van der Waals surface area contributed by atoms with E-state index >= 15 is 0 Å². The normalized spacial score (nSPS) is 12.9. The summed E-state index contributed by atoms with van der Waals surface area (Å²) < 4.78 is 4.96. The third-order valence-electron chi connectivity index (χ3n) is 4.81. The summed E-state index contributed by atoms with van der Waals surface area (Å²) in [7, 11) is 0. The van der Waals surface area contributed by atoms with E-state index in [9.17, 15) is 9.59 Å². The zero-order valence-corrected chi connectivity index (χ0v) is 16.8. The lowest BCUT2D eigenvalue weighted by Gasteiger charge is -2.25. The average molecular weight is 417 g/mol. The Hall–Kier alpha value is -4.04. The van der Waals surface area contributed by atoms with Crippen molar-refractivity contribution in [2.45, 2.75) is 6.54 Å². The van der Waals surface area contributed by atoms with Gasteiger partial charge in [0.15, 0.2) is 0 Å². The Kier molecular flexibility index (Phi) is 6.00. The van der Waals surface area contributed by atoms with Crippen molar-refractivity contribution in [3.8, 4) is 0 Å². The standard InChI is InChI=1S/C23H23N5O3/c24-16-17-5-4-6-19(15-17)26-28(21-7-2-1-3-8-21)22(29)25-18-9-11-20(12-10-18)27-13-14-31-23(27)30/h1-12,15,26H,13-14,16,24H2,(H,25,29). The van der Waals surface area contributed by atoms with Crippen LogP contribution in [0.25, 0.3) is 0 Å². The summed E-state index contributed by atoms with van der Waals surface area (Å²) in [6, 6.07) is 23.5. The largest absolute Gasteiger partial charge is 0.447 e. The number of amides is 3. The molecule has 3 aromatic carbocycles. The molecule has 0 atom stereocenters. The van der Waals surface area contributed by atoms with Crippen LogP contribution < -0.4 is 26.4 Å². The van der Waals surface area contributed by atoms with Crippen molar-refractivity contribution in [3.63, 3.8) is 0 Å². The summed E-state index contributed by atoms with van der Waals surface area (Å²) in [4.78, 5) is 26.4. The van der Waals surface area contributed by atoms with Crippen molar-refractivity contribution in [2.75, 3.05) is 33.8 Å². The van der Waals surface area contributed by atoms with E-state index in [4.69, 9.17) is 10.5 Å². The molecule has 4 rings (SSSR count). The molecule has 0 bridgehead atoms. The van der Waals surface area contributed by atoms with Crippen molar-refractivity contribution in [1.82, 2.24) is 0 Å². The van der Waals surface area contributed by atoms with Crippen LogP contribution in [0.5, 0.6) is 0 Å². The maximum atomic E-state index is 13.1. The molecule has 0 unspecified atom stereocenters. The molecule has 0 aromatic heterocycles. The van der Waals surface area contributed by atoms with E-state index in [1.165, 1.54) is 5.01 Å². The minimum atomic E-state index is -0.365. The second-order valence-corrected chi connectivity index (χ2v) is 6.93. The van der Waals surface area contributed by atoms with Crippen LogP contribution in [0.2, 0.25) is 0 Å². The molecule has 1 aliphatic heterocycles. The van der Waals surface area contributed by atoms with Crippen molar-refractivity contribution in [2.24, 2.45) is 5.73 Å². The van der Waals surface area contributed by atoms with Gasteiger partial charge in [-0.05, 0) is 54.1 Å². The second-order valence-electron chi connectivity index (χ2n) is 6.93. The fourth-order valence-electron chi connectivity index (χ4n) is 3.24. The number of para-hydroxylation sites is 1. The van der Waals surface area contributed by atoms with Crippen molar-refractivity contribution >= 4 is 34.9 Å². The third-order valence-corrected chi connectivity index (χ3v) is 4.81. The topological polar surface area (TPSA) is 99.9 Å². The molecule has 0 spiro atoms. The molecule has 8 heteroatoms. The van der Waals surface area contributed by atoms with Gasteiger partial charge in [0.1, 0.15) is 6.61 Å². The van der Waals surface area contributed by atoms with E-state index in [0.717, 1.165) is 16.9 Å². The number of urea groups is 1. The Morgan fingerprint density at radius 1 is 1.00 bits per heavy atom. The Morgan fingerprint density at radius 2 is 1.77 bits per heavy atom. The number of nitrogens with one attached hydrogen (secondary N) is 2. The van der Waals surface area contributed by atoms with Crippen LogP contribution in [0.15, 0.2) is 78.9 Å². The van der Waals surface area contributed by atoms with Gasteiger partial charge in [-0.2, -0.15) is 0 Å². The first kappa shape index (κ1) is 20.2. The number of hydrogen-bond acceptors (Lipinski definition) is 5. The number of hydrogen-bond donors (Lipinski definition) is 3. The number of ether oxygens (including phenoxy) is 1. The molecule has 31 heavy (non-hydrogen) atoms. The number of carbonyl (C=O) groups excluding carboxylic acids is 2. The number of cyclic esters (lactones) is 1. The molecule has 0 radical (unpaired) electrons. The van der Waals surface area contributed by atoms with Crippen LogP contribution in [0, 0.1) is 0 Å². The molecule has 3 amide bonds. The molecule has 0 saturated carbocycles. The number of nitrogens with zero attached hydrogens (tertiary/aromatic N) is 2. The first-order chi connectivity index (χ1) is 15.1. The van der Waals surface area contributed by atoms with Crippen LogP contribution in [0.3, 0.4) is 0 Å². The summed E-state index contributed by atoms with van der Waals surface area (Å²) in [6.45, 7) is 1.29. The van der Waals surface area contributed by atoms with Gasteiger partial charge in [-0.3, -0.25) is 10.3 Å². The molecule has 1 fully saturated rings. The Bertz CT molecular complexity index is 1060. The smallest absolute Gasteiger partial charge is 0.414 e. The summed E-state index contributed by atoms with van der Waals surface area (Å²) in [6.07, 6.45) is -0.365. The lowest BCUT2D eigenvalue weighted by molar-refractivity contribution is 0.181. The van der Waals surface area contributed by atoms with Crippen LogP contribution >= 0.6 is 0 Å². The molecular formula is C23H23N5O3.